The van der Waals surface area contributed by atoms with E-state index in [0.29, 0.717) is 33.0 Å². The van der Waals surface area contributed by atoms with Crippen LogP contribution in [0.3, 0.4) is 0 Å². The molecule has 0 atom stereocenters. The van der Waals surface area contributed by atoms with E-state index in [1.165, 1.54) is 14.2 Å². The number of rotatable bonds is 4. The van der Waals surface area contributed by atoms with Gasteiger partial charge in [-0.3, -0.25) is 0 Å². The van der Waals surface area contributed by atoms with Gasteiger partial charge in [-0.05, 0) is 12.1 Å². The zero-order valence-corrected chi connectivity index (χ0v) is 11.9. The molecule has 0 saturated carbocycles. The zero-order valence-electron chi connectivity index (χ0n) is 10.4. The Kier molecular flexibility index (Phi) is 4.35. The summed E-state index contributed by atoms with van der Waals surface area (Å²) < 4.78 is 10.4. The lowest BCUT2D eigenvalue weighted by atomic mass is 10.2. The third kappa shape index (κ3) is 2.85. The fourth-order valence-electron chi connectivity index (χ4n) is 1.56. The number of methoxy groups -OCH3 is 2. The number of aromatic nitrogens is 1. The molecule has 0 aliphatic rings. The first kappa shape index (κ1) is 13.8. The minimum absolute atomic E-state index is 0.374. The van der Waals surface area contributed by atoms with E-state index < -0.39 is 0 Å². The summed E-state index contributed by atoms with van der Waals surface area (Å²) in [4.78, 5) is 4.16. The average molecular weight is 299 g/mol. The number of ether oxygens (including phenoxy) is 2. The van der Waals surface area contributed by atoms with Crippen LogP contribution >= 0.6 is 23.2 Å². The van der Waals surface area contributed by atoms with Gasteiger partial charge in [-0.2, -0.15) is 0 Å². The number of benzene rings is 1. The number of anilines is 2. The van der Waals surface area contributed by atoms with E-state index in [9.17, 15) is 0 Å². The third-order valence-electron chi connectivity index (χ3n) is 2.49. The Balaban J connectivity index is 2.49. The summed E-state index contributed by atoms with van der Waals surface area (Å²) in [5, 5.41) is 3.80. The van der Waals surface area contributed by atoms with Crippen molar-refractivity contribution in [1.82, 2.24) is 4.98 Å². The van der Waals surface area contributed by atoms with Gasteiger partial charge in [0, 0.05) is 12.3 Å². The average Bonchev–Trinajstić information content (AvgIpc) is 2.45. The van der Waals surface area contributed by atoms with Gasteiger partial charge in [-0.25, -0.2) is 4.98 Å². The normalized spacial score (nSPS) is 10.1. The van der Waals surface area contributed by atoms with E-state index in [2.05, 4.69) is 10.3 Å². The maximum Gasteiger partial charge on any atom is 0.143 e. The Bertz CT molecular complexity index is 548. The monoisotopic (exact) mass is 298 g/mol. The number of hydrogen-bond donors (Lipinski definition) is 1. The van der Waals surface area contributed by atoms with Crippen LogP contribution in [0.2, 0.25) is 10.0 Å². The Morgan fingerprint density at radius 1 is 1.05 bits per heavy atom. The topological polar surface area (TPSA) is 43.4 Å². The van der Waals surface area contributed by atoms with E-state index in [0.717, 1.165) is 0 Å². The van der Waals surface area contributed by atoms with Crippen molar-refractivity contribution in [3.05, 3.63) is 40.5 Å². The summed E-state index contributed by atoms with van der Waals surface area (Å²) in [6, 6.07) is 7.11. The van der Waals surface area contributed by atoms with Gasteiger partial charge in [-0.15, -0.1) is 0 Å². The minimum atomic E-state index is 0.374. The van der Waals surface area contributed by atoms with Gasteiger partial charge in [0.1, 0.15) is 27.4 Å². The van der Waals surface area contributed by atoms with Crippen LogP contribution in [0, 0.1) is 0 Å². The largest absolute Gasteiger partial charge is 0.495 e. The van der Waals surface area contributed by atoms with E-state index >= 15 is 0 Å². The van der Waals surface area contributed by atoms with E-state index in [1.807, 2.05) is 12.1 Å². The van der Waals surface area contributed by atoms with Crippen molar-refractivity contribution >= 4 is 34.7 Å². The molecule has 6 heteroatoms. The number of pyridine rings is 1. The lowest BCUT2D eigenvalue weighted by Crippen LogP contribution is -1.98. The molecule has 1 aromatic heterocycles. The lowest BCUT2D eigenvalue weighted by molar-refractivity contribution is 0.395. The molecule has 0 spiro atoms. The van der Waals surface area contributed by atoms with Crippen molar-refractivity contribution < 1.29 is 9.47 Å². The molecule has 0 saturated heterocycles. The number of nitrogens with one attached hydrogen (secondary N) is 1. The fourth-order valence-corrected chi connectivity index (χ4v) is 2.16. The van der Waals surface area contributed by atoms with Crippen molar-refractivity contribution in [2.45, 2.75) is 0 Å². The van der Waals surface area contributed by atoms with Crippen LogP contribution in [0.4, 0.5) is 11.5 Å². The summed E-state index contributed by atoms with van der Waals surface area (Å²) in [7, 11) is 3.05. The van der Waals surface area contributed by atoms with Gasteiger partial charge in [-0.1, -0.05) is 29.3 Å². The van der Waals surface area contributed by atoms with Crippen LogP contribution < -0.4 is 14.8 Å². The summed E-state index contributed by atoms with van der Waals surface area (Å²) in [5.41, 5.74) is 0.498. The first-order chi connectivity index (χ1) is 9.17. The summed E-state index contributed by atoms with van der Waals surface area (Å²) in [6.45, 7) is 0. The summed E-state index contributed by atoms with van der Waals surface area (Å²) >= 11 is 12.5. The van der Waals surface area contributed by atoms with E-state index in [1.54, 1.807) is 18.3 Å². The van der Waals surface area contributed by atoms with Gasteiger partial charge < -0.3 is 14.8 Å². The highest BCUT2D eigenvalue weighted by molar-refractivity contribution is 6.41. The highest BCUT2D eigenvalue weighted by Crippen LogP contribution is 2.44. The standard InChI is InChI=1S/C13H12Cl2N2O2/c1-18-8-7-9(19-2)12(15)13(11(8)14)17-10-5-3-4-6-16-10/h3-7H,1-2H3,(H,16,17). The minimum Gasteiger partial charge on any atom is -0.495 e. The summed E-state index contributed by atoms with van der Waals surface area (Å²) in [5.74, 6) is 1.57. The number of hydrogen-bond acceptors (Lipinski definition) is 4. The van der Waals surface area contributed by atoms with Crippen LogP contribution in [0.15, 0.2) is 30.5 Å². The second kappa shape index (κ2) is 5.99. The van der Waals surface area contributed by atoms with Gasteiger partial charge in [0.2, 0.25) is 0 Å². The quantitative estimate of drug-likeness (QED) is 0.921. The Hall–Kier alpha value is -1.65. The predicted octanol–water partition coefficient (Wildman–Crippen LogP) is 4.15. The Labute approximate surface area is 121 Å². The van der Waals surface area contributed by atoms with Crippen molar-refractivity contribution in [2.75, 3.05) is 19.5 Å². The molecule has 100 valence electrons. The van der Waals surface area contributed by atoms with Gasteiger partial charge in [0.05, 0.1) is 19.9 Å². The second-order valence-electron chi connectivity index (χ2n) is 3.62. The molecule has 0 aliphatic carbocycles. The Morgan fingerprint density at radius 3 is 2.16 bits per heavy atom. The van der Waals surface area contributed by atoms with Crippen molar-refractivity contribution in [1.29, 1.82) is 0 Å². The third-order valence-corrected chi connectivity index (χ3v) is 3.24. The smallest absolute Gasteiger partial charge is 0.143 e. The first-order valence-electron chi connectivity index (χ1n) is 5.45. The van der Waals surface area contributed by atoms with Gasteiger partial charge >= 0.3 is 0 Å². The highest BCUT2D eigenvalue weighted by atomic mass is 35.5. The molecular weight excluding hydrogens is 287 g/mol. The number of nitrogens with zero attached hydrogens (tertiary/aromatic N) is 1. The lowest BCUT2D eigenvalue weighted by Gasteiger charge is -2.15. The number of halogens is 2. The summed E-state index contributed by atoms with van der Waals surface area (Å²) in [6.07, 6.45) is 1.67. The van der Waals surface area contributed by atoms with Crippen LogP contribution in [0.1, 0.15) is 0 Å². The molecule has 2 aromatic rings. The molecule has 19 heavy (non-hydrogen) atoms. The zero-order chi connectivity index (χ0) is 13.8. The molecule has 1 heterocycles. The molecule has 0 fully saturated rings. The molecular formula is C13H12Cl2N2O2. The van der Waals surface area contributed by atoms with E-state index in [-0.39, 0.29) is 0 Å². The van der Waals surface area contributed by atoms with Crippen molar-refractivity contribution in [2.24, 2.45) is 0 Å². The Morgan fingerprint density at radius 2 is 1.68 bits per heavy atom. The van der Waals surface area contributed by atoms with Crippen molar-refractivity contribution in [3.63, 3.8) is 0 Å². The molecule has 0 amide bonds. The van der Waals surface area contributed by atoms with Crippen LogP contribution in [-0.4, -0.2) is 19.2 Å². The molecule has 2 rings (SSSR count). The fraction of sp³-hybridized carbons (Fsp3) is 0.154. The van der Waals surface area contributed by atoms with Crippen molar-refractivity contribution in [3.8, 4) is 11.5 Å². The molecule has 4 nitrogen and oxygen atoms in total. The molecule has 0 bridgehead atoms. The van der Waals surface area contributed by atoms with Crippen LogP contribution in [0.5, 0.6) is 11.5 Å². The molecule has 0 radical (unpaired) electrons. The second-order valence-corrected chi connectivity index (χ2v) is 4.38. The van der Waals surface area contributed by atoms with E-state index in [4.69, 9.17) is 32.7 Å². The van der Waals surface area contributed by atoms with Crippen LogP contribution in [-0.2, 0) is 0 Å². The maximum absolute atomic E-state index is 6.24. The van der Waals surface area contributed by atoms with Crippen LogP contribution in [0.25, 0.3) is 0 Å². The SMILES string of the molecule is COc1cc(OC)c(Cl)c(Nc2ccccn2)c1Cl. The molecule has 1 aromatic carbocycles. The maximum atomic E-state index is 6.24. The highest BCUT2D eigenvalue weighted by Gasteiger charge is 2.17. The molecule has 0 unspecified atom stereocenters. The molecule has 0 aliphatic heterocycles. The molecule has 1 N–H and O–H groups in total. The van der Waals surface area contributed by atoms with Gasteiger partial charge in [0.15, 0.2) is 0 Å². The predicted molar refractivity (Wildman–Crippen MR) is 77.1 cm³/mol. The van der Waals surface area contributed by atoms with Gasteiger partial charge in [0.25, 0.3) is 0 Å². The first-order valence-corrected chi connectivity index (χ1v) is 6.21.